The first-order valence-corrected chi connectivity index (χ1v) is 8.37. The fourth-order valence-electron chi connectivity index (χ4n) is 3.38. The van der Waals surface area contributed by atoms with E-state index >= 15 is 0 Å². The van der Waals surface area contributed by atoms with Crippen molar-refractivity contribution in [2.75, 3.05) is 13.2 Å². The summed E-state index contributed by atoms with van der Waals surface area (Å²) in [6.07, 6.45) is 8.74. The maximum atomic E-state index is 12.2. The summed E-state index contributed by atoms with van der Waals surface area (Å²) in [5.74, 6) is -0.477. The number of carbonyl (C=O) groups is 2. The van der Waals surface area contributed by atoms with E-state index in [4.69, 9.17) is 4.74 Å². The second-order valence-corrected chi connectivity index (χ2v) is 6.45. The van der Waals surface area contributed by atoms with Gasteiger partial charge in [-0.1, -0.05) is 12.8 Å². The first-order valence-electron chi connectivity index (χ1n) is 8.37. The zero-order valence-electron chi connectivity index (χ0n) is 13.5. The number of ether oxygens (including phenoxy) is 1. The standard InChI is InChI=1S/C17H23N3O3/c1-12-9-19-14(10-18-12)6-7-23-17(22)13-8-16(21)20(11-13)15-4-2-3-5-15/h9-10,13,15H,2-8,11H2,1H3. The van der Waals surface area contributed by atoms with Gasteiger partial charge in [0.05, 0.1) is 23.9 Å². The Kier molecular flexibility index (Phi) is 4.88. The molecule has 1 aromatic heterocycles. The van der Waals surface area contributed by atoms with Crippen LogP contribution in [0.2, 0.25) is 0 Å². The Hall–Kier alpha value is -1.98. The zero-order valence-corrected chi connectivity index (χ0v) is 13.5. The van der Waals surface area contributed by atoms with Crippen LogP contribution in [0.15, 0.2) is 12.4 Å². The average Bonchev–Trinajstić information content (AvgIpc) is 3.18. The lowest BCUT2D eigenvalue weighted by Gasteiger charge is -2.23. The predicted molar refractivity (Wildman–Crippen MR) is 83.5 cm³/mol. The fraction of sp³-hybridized carbons (Fsp3) is 0.647. The number of hydrogen-bond acceptors (Lipinski definition) is 5. The van der Waals surface area contributed by atoms with E-state index in [1.54, 1.807) is 12.4 Å². The highest BCUT2D eigenvalue weighted by molar-refractivity contribution is 5.87. The summed E-state index contributed by atoms with van der Waals surface area (Å²) in [7, 11) is 0. The highest BCUT2D eigenvalue weighted by Crippen LogP contribution is 2.29. The molecule has 1 aromatic rings. The average molecular weight is 317 g/mol. The van der Waals surface area contributed by atoms with Crippen LogP contribution in [0.5, 0.6) is 0 Å². The van der Waals surface area contributed by atoms with Crippen LogP contribution >= 0.6 is 0 Å². The summed E-state index contributed by atoms with van der Waals surface area (Å²) in [6.45, 7) is 2.68. The molecule has 124 valence electrons. The smallest absolute Gasteiger partial charge is 0.311 e. The number of esters is 1. The van der Waals surface area contributed by atoms with Crippen molar-refractivity contribution in [3.05, 3.63) is 23.8 Å². The Bertz CT molecular complexity index is 567. The van der Waals surface area contributed by atoms with Gasteiger partial charge >= 0.3 is 5.97 Å². The van der Waals surface area contributed by atoms with Crippen LogP contribution in [0, 0.1) is 12.8 Å². The second kappa shape index (κ2) is 7.06. The SMILES string of the molecule is Cc1cnc(CCOC(=O)C2CC(=O)N(C3CCCC3)C2)cn1. The quantitative estimate of drug-likeness (QED) is 0.772. The minimum atomic E-state index is -0.313. The lowest BCUT2D eigenvalue weighted by Crippen LogP contribution is -2.35. The third-order valence-corrected chi connectivity index (χ3v) is 4.69. The van der Waals surface area contributed by atoms with Gasteiger partial charge in [0.2, 0.25) is 5.91 Å². The monoisotopic (exact) mass is 317 g/mol. The van der Waals surface area contributed by atoms with E-state index in [1.165, 1.54) is 12.8 Å². The van der Waals surface area contributed by atoms with Crippen molar-refractivity contribution < 1.29 is 14.3 Å². The van der Waals surface area contributed by atoms with Gasteiger partial charge in [0.25, 0.3) is 0 Å². The number of aromatic nitrogens is 2. The number of likely N-dealkylation sites (tertiary alicyclic amines) is 1. The molecule has 2 aliphatic rings. The van der Waals surface area contributed by atoms with Gasteiger partial charge in [-0.3, -0.25) is 19.6 Å². The van der Waals surface area contributed by atoms with Gasteiger partial charge in [0.15, 0.2) is 0 Å². The summed E-state index contributed by atoms with van der Waals surface area (Å²) >= 11 is 0. The van der Waals surface area contributed by atoms with E-state index in [0.29, 0.717) is 25.4 Å². The first kappa shape index (κ1) is 15.9. The van der Waals surface area contributed by atoms with Crippen LogP contribution in [-0.4, -0.2) is 45.9 Å². The molecule has 0 radical (unpaired) electrons. The van der Waals surface area contributed by atoms with Crippen molar-refractivity contribution in [1.82, 2.24) is 14.9 Å². The fourth-order valence-corrected chi connectivity index (χ4v) is 3.38. The molecule has 1 aliphatic heterocycles. The Balaban J connectivity index is 1.45. The summed E-state index contributed by atoms with van der Waals surface area (Å²) in [5.41, 5.74) is 1.67. The lowest BCUT2D eigenvalue weighted by atomic mass is 10.1. The molecular weight excluding hydrogens is 294 g/mol. The molecule has 1 atom stereocenters. The molecule has 0 aromatic carbocycles. The highest BCUT2D eigenvalue weighted by atomic mass is 16.5. The molecule has 1 saturated heterocycles. The van der Waals surface area contributed by atoms with Crippen LogP contribution < -0.4 is 0 Å². The van der Waals surface area contributed by atoms with E-state index in [9.17, 15) is 9.59 Å². The van der Waals surface area contributed by atoms with Gasteiger partial charge in [-0.25, -0.2) is 0 Å². The van der Waals surface area contributed by atoms with Crippen molar-refractivity contribution in [3.8, 4) is 0 Å². The normalized spacial score (nSPS) is 21.9. The summed E-state index contributed by atoms with van der Waals surface area (Å²) in [4.78, 5) is 34.6. The molecule has 6 heteroatoms. The number of amides is 1. The predicted octanol–water partition coefficient (Wildman–Crippen LogP) is 1.66. The molecule has 23 heavy (non-hydrogen) atoms. The van der Waals surface area contributed by atoms with Crippen molar-refractivity contribution in [1.29, 1.82) is 0 Å². The molecule has 2 heterocycles. The molecule has 0 bridgehead atoms. The number of hydrogen-bond donors (Lipinski definition) is 0. The maximum Gasteiger partial charge on any atom is 0.311 e. The molecule has 1 unspecified atom stereocenters. The molecule has 0 N–H and O–H groups in total. The first-order chi connectivity index (χ1) is 11.1. The number of rotatable bonds is 5. The van der Waals surface area contributed by atoms with Crippen LogP contribution in [0.25, 0.3) is 0 Å². The van der Waals surface area contributed by atoms with E-state index in [-0.39, 0.29) is 24.4 Å². The van der Waals surface area contributed by atoms with Gasteiger partial charge in [-0.15, -0.1) is 0 Å². The van der Waals surface area contributed by atoms with Gasteiger partial charge in [0, 0.05) is 37.8 Å². The molecule has 1 aliphatic carbocycles. The van der Waals surface area contributed by atoms with Gasteiger partial charge in [-0.05, 0) is 19.8 Å². The third-order valence-electron chi connectivity index (χ3n) is 4.69. The van der Waals surface area contributed by atoms with E-state index in [0.717, 1.165) is 24.2 Å². The molecule has 6 nitrogen and oxygen atoms in total. The van der Waals surface area contributed by atoms with Crippen LogP contribution in [0.3, 0.4) is 0 Å². The van der Waals surface area contributed by atoms with Crippen LogP contribution in [-0.2, 0) is 20.7 Å². The van der Waals surface area contributed by atoms with Crippen molar-refractivity contribution in [2.45, 2.75) is 51.5 Å². The highest BCUT2D eigenvalue weighted by Gasteiger charge is 2.39. The maximum absolute atomic E-state index is 12.2. The van der Waals surface area contributed by atoms with Gasteiger partial charge < -0.3 is 9.64 Å². The minimum absolute atomic E-state index is 0.100. The number of nitrogens with zero attached hydrogens (tertiary/aromatic N) is 3. The zero-order chi connectivity index (χ0) is 16.2. The van der Waals surface area contributed by atoms with Crippen molar-refractivity contribution >= 4 is 11.9 Å². The molecular formula is C17H23N3O3. The Morgan fingerprint density at radius 1 is 1.30 bits per heavy atom. The molecule has 0 spiro atoms. The molecule has 3 rings (SSSR count). The Morgan fingerprint density at radius 2 is 2.09 bits per heavy atom. The molecule has 1 saturated carbocycles. The summed E-state index contributed by atoms with van der Waals surface area (Å²) in [5, 5.41) is 0. The lowest BCUT2D eigenvalue weighted by molar-refractivity contribution is -0.148. The van der Waals surface area contributed by atoms with E-state index in [2.05, 4.69) is 9.97 Å². The molecule has 2 fully saturated rings. The summed E-state index contributed by atoms with van der Waals surface area (Å²) in [6, 6.07) is 0.336. The topological polar surface area (TPSA) is 72.4 Å². The van der Waals surface area contributed by atoms with Crippen LogP contribution in [0.1, 0.15) is 43.5 Å². The van der Waals surface area contributed by atoms with Crippen molar-refractivity contribution in [2.24, 2.45) is 5.92 Å². The Labute approximate surface area is 136 Å². The third kappa shape index (κ3) is 3.86. The van der Waals surface area contributed by atoms with Crippen molar-refractivity contribution in [3.63, 3.8) is 0 Å². The summed E-state index contributed by atoms with van der Waals surface area (Å²) < 4.78 is 5.33. The minimum Gasteiger partial charge on any atom is -0.465 e. The number of aryl methyl sites for hydroxylation is 1. The van der Waals surface area contributed by atoms with Gasteiger partial charge in [-0.2, -0.15) is 0 Å². The van der Waals surface area contributed by atoms with Crippen LogP contribution in [0.4, 0.5) is 0 Å². The van der Waals surface area contributed by atoms with E-state index in [1.807, 2.05) is 11.8 Å². The molecule has 1 amide bonds. The second-order valence-electron chi connectivity index (χ2n) is 6.45. The number of carbonyl (C=O) groups excluding carboxylic acids is 2. The van der Waals surface area contributed by atoms with Gasteiger partial charge in [0.1, 0.15) is 0 Å². The Morgan fingerprint density at radius 3 is 2.78 bits per heavy atom. The largest absolute Gasteiger partial charge is 0.465 e. The van der Waals surface area contributed by atoms with E-state index < -0.39 is 0 Å².